The number of carbonyl (C=O) groups is 2. The number of nitrogens with zero attached hydrogens (tertiary/aromatic N) is 1. The first-order chi connectivity index (χ1) is 13.6. The Labute approximate surface area is 172 Å². The fraction of sp³-hybridized carbons (Fsp3) is 0.130. The van der Waals surface area contributed by atoms with E-state index in [4.69, 9.17) is 0 Å². The molecule has 1 N–H and O–H groups in total. The summed E-state index contributed by atoms with van der Waals surface area (Å²) in [5.41, 5.74) is 4.42. The van der Waals surface area contributed by atoms with Gasteiger partial charge in [-0.05, 0) is 60.0 Å². The number of carbonyl (C=O) groups excluding carboxylic acids is 2. The van der Waals surface area contributed by atoms with Crippen LogP contribution in [-0.4, -0.2) is 11.8 Å². The fourth-order valence-corrected chi connectivity index (χ4v) is 3.65. The van der Waals surface area contributed by atoms with Gasteiger partial charge in [0.2, 0.25) is 5.91 Å². The Balaban J connectivity index is 1.55. The van der Waals surface area contributed by atoms with Gasteiger partial charge in [0.1, 0.15) is 0 Å². The first kappa shape index (κ1) is 18.4. The minimum atomic E-state index is -0.152. The van der Waals surface area contributed by atoms with Crippen LogP contribution in [0.2, 0.25) is 0 Å². The Hall–Kier alpha value is -2.92. The largest absolute Gasteiger partial charge is 0.322 e. The topological polar surface area (TPSA) is 49.4 Å². The van der Waals surface area contributed by atoms with Gasteiger partial charge in [0, 0.05) is 27.8 Å². The number of amides is 2. The molecule has 0 radical (unpaired) electrons. The highest BCUT2D eigenvalue weighted by Crippen LogP contribution is 2.31. The quantitative estimate of drug-likeness (QED) is 0.614. The summed E-state index contributed by atoms with van der Waals surface area (Å²) in [4.78, 5) is 26.8. The van der Waals surface area contributed by atoms with Crippen molar-refractivity contribution in [1.29, 1.82) is 0 Å². The van der Waals surface area contributed by atoms with Crippen molar-refractivity contribution in [3.05, 3.63) is 94.0 Å². The van der Waals surface area contributed by atoms with E-state index in [1.807, 2.05) is 65.6 Å². The number of halogens is 1. The number of aryl methyl sites for hydroxylation is 1. The van der Waals surface area contributed by atoms with Crippen molar-refractivity contribution < 1.29 is 9.59 Å². The maximum atomic E-state index is 12.5. The van der Waals surface area contributed by atoms with E-state index in [1.54, 1.807) is 12.1 Å². The zero-order valence-electron chi connectivity index (χ0n) is 15.2. The lowest BCUT2D eigenvalue weighted by molar-refractivity contribution is -0.119. The van der Waals surface area contributed by atoms with Gasteiger partial charge in [0.25, 0.3) is 5.91 Å². The molecule has 0 bridgehead atoms. The first-order valence-electron chi connectivity index (χ1n) is 9.14. The Morgan fingerprint density at radius 1 is 0.964 bits per heavy atom. The molecule has 1 aliphatic heterocycles. The molecule has 0 unspecified atom stereocenters. The smallest absolute Gasteiger partial charge is 0.255 e. The molecule has 0 spiro atoms. The van der Waals surface area contributed by atoms with E-state index >= 15 is 0 Å². The Kier molecular flexibility index (Phi) is 5.26. The van der Waals surface area contributed by atoms with Crippen LogP contribution in [0.25, 0.3) is 0 Å². The summed E-state index contributed by atoms with van der Waals surface area (Å²) < 4.78 is 0.931. The standard InChI is InChI=1S/C23H19BrN2O2/c24-19-9-6-17(7-10-19)23(28)25-20-11-12-21-18(14-20)8-13-22(27)26(21)15-16-4-2-1-3-5-16/h1-7,9-12,14H,8,13,15H2,(H,25,28). The number of rotatable bonds is 4. The van der Waals surface area contributed by atoms with Gasteiger partial charge in [-0.1, -0.05) is 46.3 Å². The minimum Gasteiger partial charge on any atom is -0.322 e. The van der Waals surface area contributed by atoms with Gasteiger partial charge in [-0.15, -0.1) is 0 Å². The lowest BCUT2D eigenvalue weighted by atomic mass is 9.99. The first-order valence-corrected chi connectivity index (χ1v) is 9.93. The van der Waals surface area contributed by atoms with Gasteiger partial charge in [-0.2, -0.15) is 0 Å². The number of hydrogen-bond donors (Lipinski definition) is 1. The van der Waals surface area contributed by atoms with Crippen LogP contribution in [0.15, 0.2) is 77.3 Å². The lowest BCUT2D eigenvalue weighted by Gasteiger charge is -2.30. The molecule has 5 heteroatoms. The van der Waals surface area contributed by atoms with Crippen molar-refractivity contribution in [1.82, 2.24) is 0 Å². The summed E-state index contributed by atoms with van der Waals surface area (Å²) in [6.07, 6.45) is 1.16. The van der Waals surface area contributed by atoms with Crippen LogP contribution in [0.1, 0.15) is 27.9 Å². The predicted octanol–water partition coefficient (Wildman–Crippen LogP) is 5.18. The molecule has 3 aromatic carbocycles. The van der Waals surface area contributed by atoms with Crippen LogP contribution in [0, 0.1) is 0 Å². The maximum absolute atomic E-state index is 12.5. The number of anilines is 2. The number of nitrogens with one attached hydrogen (secondary N) is 1. The summed E-state index contributed by atoms with van der Waals surface area (Å²) >= 11 is 3.37. The molecule has 0 fully saturated rings. The van der Waals surface area contributed by atoms with Crippen LogP contribution < -0.4 is 10.2 Å². The summed E-state index contributed by atoms with van der Waals surface area (Å²) in [7, 11) is 0. The van der Waals surface area contributed by atoms with E-state index in [0.717, 1.165) is 27.0 Å². The highest BCUT2D eigenvalue weighted by molar-refractivity contribution is 9.10. The summed E-state index contributed by atoms with van der Waals surface area (Å²) in [6.45, 7) is 0.553. The Bertz CT molecular complexity index is 1020. The van der Waals surface area contributed by atoms with Gasteiger partial charge < -0.3 is 10.2 Å². The molecule has 0 aliphatic carbocycles. The van der Waals surface area contributed by atoms with Gasteiger partial charge in [-0.3, -0.25) is 9.59 Å². The van der Waals surface area contributed by atoms with Crippen LogP contribution in [0.3, 0.4) is 0 Å². The summed E-state index contributed by atoms with van der Waals surface area (Å²) in [6, 6.07) is 22.9. The molecule has 0 saturated carbocycles. The highest BCUT2D eigenvalue weighted by Gasteiger charge is 2.24. The molecule has 28 heavy (non-hydrogen) atoms. The Morgan fingerprint density at radius 3 is 2.46 bits per heavy atom. The average Bonchev–Trinajstić information content (AvgIpc) is 2.71. The third-order valence-corrected chi connectivity index (χ3v) is 5.36. The zero-order valence-corrected chi connectivity index (χ0v) is 16.8. The summed E-state index contributed by atoms with van der Waals surface area (Å²) in [5.74, 6) is -0.0246. The average molecular weight is 435 g/mol. The van der Waals surface area contributed by atoms with Gasteiger partial charge >= 0.3 is 0 Å². The summed E-state index contributed by atoms with van der Waals surface area (Å²) in [5, 5.41) is 2.95. The number of hydrogen-bond acceptors (Lipinski definition) is 2. The molecule has 0 atom stereocenters. The second kappa shape index (κ2) is 7.98. The van der Waals surface area contributed by atoms with Crippen molar-refractivity contribution in [2.45, 2.75) is 19.4 Å². The van der Waals surface area contributed by atoms with Crippen LogP contribution in [-0.2, 0) is 17.8 Å². The van der Waals surface area contributed by atoms with Crippen LogP contribution in [0.4, 0.5) is 11.4 Å². The van der Waals surface area contributed by atoms with Crippen molar-refractivity contribution in [3.8, 4) is 0 Å². The van der Waals surface area contributed by atoms with Crippen molar-refractivity contribution in [2.75, 3.05) is 10.2 Å². The van der Waals surface area contributed by atoms with E-state index in [-0.39, 0.29) is 11.8 Å². The van der Waals surface area contributed by atoms with Gasteiger partial charge in [-0.25, -0.2) is 0 Å². The van der Waals surface area contributed by atoms with Gasteiger partial charge in [0.15, 0.2) is 0 Å². The molecular weight excluding hydrogens is 416 g/mol. The molecule has 2 amide bonds. The normalized spacial score (nSPS) is 13.2. The van der Waals surface area contributed by atoms with E-state index in [0.29, 0.717) is 24.9 Å². The molecule has 4 nitrogen and oxygen atoms in total. The number of fused-ring (bicyclic) bond motifs is 1. The second-order valence-electron chi connectivity index (χ2n) is 6.77. The van der Waals surface area contributed by atoms with E-state index < -0.39 is 0 Å². The molecule has 0 saturated heterocycles. The third kappa shape index (κ3) is 3.99. The van der Waals surface area contributed by atoms with Gasteiger partial charge in [0.05, 0.1) is 6.54 Å². The second-order valence-corrected chi connectivity index (χ2v) is 7.69. The highest BCUT2D eigenvalue weighted by atomic mass is 79.9. The molecule has 0 aromatic heterocycles. The zero-order chi connectivity index (χ0) is 19.5. The van der Waals surface area contributed by atoms with Crippen molar-refractivity contribution >= 4 is 39.1 Å². The van der Waals surface area contributed by atoms with Crippen molar-refractivity contribution in [3.63, 3.8) is 0 Å². The Morgan fingerprint density at radius 2 is 1.71 bits per heavy atom. The lowest BCUT2D eigenvalue weighted by Crippen LogP contribution is -2.34. The van der Waals surface area contributed by atoms with E-state index in [9.17, 15) is 9.59 Å². The molecule has 140 valence electrons. The third-order valence-electron chi connectivity index (χ3n) is 4.83. The molecule has 4 rings (SSSR count). The molecule has 1 aliphatic rings. The molecule has 1 heterocycles. The van der Waals surface area contributed by atoms with E-state index in [2.05, 4.69) is 21.2 Å². The van der Waals surface area contributed by atoms with E-state index in [1.165, 1.54) is 0 Å². The van der Waals surface area contributed by atoms with Crippen LogP contribution >= 0.6 is 15.9 Å². The van der Waals surface area contributed by atoms with Crippen LogP contribution in [0.5, 0.6) is 0 Å². The molecule has 3 aromatic rings. The minimum absolute atomic E-state index is 0.128. The van der Waals surface area contributed by atoms with Crippen molar-refractivity contribution in [2.24, 2.45) is 0 Å². The number of benzene rings is 3. The fourth-order valence-electron chi connectivity index (χ4n) is 3.38. The molecular formula is C23H19BrN2O2. The monoisotopic (exact) mass is 434 g/mol. The predicted molar refractivity (Wildman–Crippen MR) is 114 cm³/mol. The SMILES string of the molecule is O=C(Nc1ccc2c(c1)CCC(=O)N2Cc1ccccc1)c1ccc(Br)cc1. The maximum Gasteiger partial charge on any atom is 0.255 e.